The Labute approximate surface area is 130 Å². The Balaban J connectivity index is 1.92. The van der Waals surface area contributed by atoms with Gasteiger partial charge in [-0.3, -0.25) is 0 Å². The lowest BCUT2D eigenvalue weighted by Crippen LogP contribution is -2.47. The molecule has 0 amide bonds. The van der Waals surface area contributed by atoms with Gasteiger partial charge in [0, 0.05) is 25.7 Å². The fourth-order valence-corrected chi connectivity index (χ4v) is 3.22. The summed E-state index contributed by atoms with van der Waals surface area (Å²) < 4.78 is 0. The molecule has 1 atom stereocenters. The van der Waals surface area contributed by atoms with Gasteiger partial charge in [-0.1, -0.05) is 45.0 Å². The average molecular weight is 288 g/mol. The third-order valence-electron chi connectivity index (χ3n) is 5.02. The summed E-state index contributed by atoms with van der Waals surface area (Å²) in [7, 11) is 0. The van der Waals surface area contributed by atoms with Crippen molar-refractivity contribution in [3.8, 4) is 0 Å². The number of benzene rings is 1. The van der Waals surface area contributed by atoms with Crippen LogP contribution in [-0.4, -0.2) is 37.1 Å². The first-order valence-corrected chi connectivity index (χ1v) is 8.55. The van der Waals surface area contributed by atoms with Crippen LogP contribution in [-0.2, 0) is 12.8 Å². The molecule has 0 saturated carbocycles. The maximum Gasteiger partial charge on any atom is 0.0102 e. The normalized spacial score (nSPS) is 18.1. The second-order valence-corrected chi connectivity index (χ2v) is 7.21. The lowest BCUT2D eigenvalue weighted by molar-refractivity contribution is 0.147. The van der Waals surface area contributed by atoms with E-state index >= 15 is 0 Å². The van der Waals surface area contributed by atoms with E-state index in [0.717, 1.165) is 6.54 Å². The van der Waals surface area contributed by atoms with E-state index in [0.29, 0.717) is 11.5 Å². The first-order valence-electron chi connectivity index (χ1n) is 8.55. The molecule has 1 heterocycles. The van der Waals surface area contributed by atoms with Gasteiger partial charge in [0.25, 0.3) is 0 Å². The molecule has 2 nitrogen and oxygen atoms in total. The third-order valence-corrected chi connectivity index (χ3v) is 5.02. The lowest BCUT2D eigenvalue weighted by Gasteiger charge is -2.37. The Morgan fingerprint density at radius 2 is 1.71 bits per heavy atom. The van der Waals surface area contributed by atoms with Crippen LogP contribution in [0, 0.1) is 5.41 Å². The Hall–Kier alpha value is -0.860. The van der Waals surface area contributed by atoms with E-state index in [9.17, 15) is 0 Å². The summed E-state index contributed by atoms with van der Waals surface area (Å²) in [4.78, 5) is 2.66. The van der Waals surface area contributed by atoms with Crippen molar-refractivity contribution in [1.82, 2.24) is 10.2 Å². The Morgan fingerprint density at radius 1 is 1.14 bits per heavy atom. The molecule has 0 bridgehead atoms. The summed E-state index contributed by atoms with van der Waals surface area (Å²) in [6.45, 7) is 14.1. The van der Waals surface area contributed by atoms with E-state index in [1.54, 1.807) is 11.1 Å². The molecule has 1 aliphatic rings. The fourth-order valence-electron chi connectivity index (χ4n) is 3.22. The molecule has 0 fully saturated rings. The van der Waals surface area contributed by atoms with Gasteiger partial charge in [-0.05, 0) is 49.3 Å². The van der Waals surface area contributed by atoms with Crippen LogP contribution in [0.4, 0.5) is 0 Å². The van der Waals surface area contributed by atoms with Gasteiger partial charge in [-0.25, -0.2) is 0 Å². The van der Waals surface area contributed by atoms with Crippen molar-refractivity contribution in [3.05, 3.63) is 35.4 Å². The first-order chi connectivity index (χ1) is 10.0. The van der Waals surface area contributed by atoms with Crippen LogP contribution >= 0.6 is 0 Å². The number of nitrogens with one attached hydrogen (secondary N) is 1. The summed E-state index contributed by atoms with van der Waals surface area (Å²) in [5.74, 6) is 0. The molecule has 118 valence electrons. The minimum absolute atomic E-state index is 0.311. The van der Waals surface area contributed by atoms with Crippen molar-refractivity contribution >= 4 is 0 Å². The topological polar surface area (TPSA) is 15.3 Å². The SMILES string of the molecule is CCCNC(C)C(C)(C)CN1CCc2ccccc2CC1. The standard InChI is InChI=1S/C19H32N2/c1-5-12-20-16(2)19(3,4)15-21-13-10-17-8-6-7-9-18(17)11-14-21/h6-9,16,20H,5,10-15H2,1-4H3. The van der Waals surface area contributed by atoms with E-state index in [1.165, 1.54) is 38.9 Å². The van der Waals surface area contributed by atoms with Crippen LogP contribution in [0.25, 0.3) is 0 Å². The van der Waals surface area contributed by atoms with Gasteiger partial charge in [0.15, 0.2) is 0 Å². The molecule has 1 unspecified atom stereocenters. The van der Waals surface area contributed by atoms with E-state index < -0.39 is 0 Å². The van der Waals surface area contributed by atoms with Gasteiger partial charge in [-0.15, -0.1) is 0 Å². The number of hydrogen-bond donors (Lipinski definition) is 1. The van der Waals surface area contributed by atoms with Crippen molar-refractivity contribution in [2.45, 2.75) is 53.0 Å². The quantitative estimate of drug-likeness (QED) is 0.862. The van der Waals surface area contributed by atoms with E-state index in [2.05, 4.69) is 62.2 Å². The Bertz CT molecular complexity index is 412. The highest BCUT2D eigenvalue weighted by molar-refractivity contribution is 5.28. The highest BCUT2D eigenvalue weighted by Crippen LogP contribution is 2.24. The molecule has 2 heteroatoms. The van der Waals surface area contributed by atoms with Crippen molar-refractivity contribution in [1.29, 1.82) is 0 Å². The number of nitrogens with zero attached hydrogens (tertiary/aromatic N) is 1. The minimum Gasteiger partial charge on any atom is -0.314 e. The van der Waals surface area contributed by atoms with Crippen LogP contribution < -0.4 is 5.32 Å². The van der Waals surface area contributed by atoms with Crippen molar-refractivity contribution in [2.24, 2.45) is 5.41 Å². The predicted octanol–water partition coefficient (Wildman–Crippen LogP) is 3.50. The summed E-state index contributed by atoms with van der Waals surface area (Å²) >= 11 is 0. The Morgan fingerprint density at radius 3 is 2.24 bits per heavy atom. The largest absolute Gasteiger partial charge is 0.314 e. The van der Waals surface area contributed by atoms with Gasteiger partial charge in [-0.2, -0.15) is 0 Å². The molecule has 0 saturated heterocycles. The smallest absolute Gasteiger partial charge is 0.0102 e. The summed E-state index contributed by atoms with van der Waals surface area (Å²) in [5.41, 5.74) is 3.41. The highest BCUT2D eigenvalue weighted by atomic mass is 15.1. The van der Waals surface area contributed by atoms with Crippen LogP contribution in [0.5, 0.6) is 0 Å². The molecule has 2 rings (SSSR count). The van der Waals surface area contributed by atoms with Crippen LogP contribution in [0.15, 0.2) is 24.3 Å². The second kappa shape index (κ2) is 7.42. The molecule has 1 aromatic carbocycles. The van der Waals surface area contributed by atoms with Crippen molar-refractivity contribution < 1.29 is 0 Å². The molecule has 1 aliphatic heterocycles. The Kier molecular flexibility index (Phi) is 5.83. The molecule has 1 aromatic rings. The van der Waals surface area contributed by atoms with Crippen LogP contribution in [0.3, 0.4) is 0 Å². The molecule has 21 heavy (non-hydrogen) atoms. The number of fused-ring (bicyclic) bond motifs is 1. The number of rotatable bonds is 6. The van der Waals surface area contributed by atoms with E-state index in [-0.39, 0.29) is 0 Å². The zero-order valence-electron chi connectivity index (χ0n) is 14.3. The zero-order valence-corrected chi connectivity index (χ0v) is 14.3. The van der Waals surface area contributed by atoms with Gasteiger partial charge in [0.05, 0.1) is 0 Å². The zero-order chi connectivity index (χ0) is 15.3. The fraction of sp³-hybridized carbons (Fsp3) is 0.684. The van der Waals surface area contributed by atoms with Gasteiger partial charge >= 0.3 is 0 Å². The molecule has 0 spiro atoms. The third kappa shape index (κ3) is 4.55. The average Bonchev–Trinajstić information content (AvgIpc) is 2.67. The van der Waals surface area contributed by atoms with E-state index in [1.807, 2.05) is 0 Å². The monoisotopic (exact) mass is 288 g/mol. The lowest BCUT2D eigenvalue weighted by atomic mass is 9.84. The summed E-state index contributed by atoms with van der Waals surface area (Å²) in [6, 6.07) is 9.51. The molecule has 0 aliphatic carbocycles. The predicted molar refractivity (Wildman–Crippen MR) is 91.8 cm³/mol. The molecule has 0 radical (unpaired) electrons. The maximum atomic E-state index is 3.67. The van der Waals surface area contributed by atoms with Gasteiger partial charge < -0.3 is 10.2 Å². The molecular formula is C19H32N2. The van der Waals surface area contributed by atoms with Gasteiger partial charge in [0.1, 0.15) is 0 Å². The van der Waals surface area contributed by atoms with E-state index in [4.69, 9.17) is 0 Å². The maximum absolute atomic E-state index is 3.67. The highest BCUT2D eigenvalue weighted by Gasteiger charge is 2.28. The molecule has 1 N–H and O–H groups in total. The van der Waals surface area contributed by atoms with Gasteiger partial charge in [0.2, 0.25) is 0 Å². The van der Waals surface area contributed by atoms with Crippen LogP contribution in [0.2, 0.25) is 0 Å². The van der Waals surface area contributed by atoms with Crippen LogP contribution in [0.1, 0.15) is 45.2 Å². The van der Waals surface area contributed by atoms with Crippen molar-refractivity contribution in [3.63, 3.8) is 0 Å². The van der Waals surface area contributed by atoms with Crippen molar-refractivity contribution in [2.75, 3.05) is 26.2 Å². The number of hydrogen-bond acceptors (Lipinski definition) is 2. The second-order valence-electron chi connectivity index (χ2n) is 7.21. The summed E-state index contributed by atoms with van der Waals surface area (Å²) in [5, 5.41) is 3.67. The molecule has 0 aromatic heterocycles. The first kappa shape index (κ1) is 16.5. The summed E-state index contributed by atoms with van der Waals surface area (Å²) in [6.07, 6.45) is 3.60. The minimum atomic E-state index is 0.311. The molecular weight excluding hydrogens is 256 g/mol.